The summed E-state index contributed by atoms with van der Waals surface area (Å²) in [6.07, 6.45) is -1.47. The number of hydrogen-bond donors (Lipinski definition) is 0. The molecule has 1 aromatic rings. The maximum atomic E-state index is 13.4. The Hall–Kier alpha value is -2.90. The van der Waals surface area contributed by atoms with Gasteiger partial charge in [-0.3, -0.25) is 4.79 Å². The van der Waals surface area contributed by atoms with E-state index in [-0.39, 0.29) is 30.7 Å². The van der Waals surface area contributed by atoms with E-state index in [2.05, 4.69) is 11.7 Å². The van der Waals surface area contributed by atoms with Crippen molar-refractivity contribution in [2.45, 2.75) is 53.2 Å². The minimum absolute atomic E-state index is 0.0130. The molecule has 0 aromatic heterocycles. The Morgan fingerprint density at radius 2 is 1.79 bits per heavy atom. The van der Waals surface area contributed by atoms with Crippen LogP contribution < -0.4 is 0 Å². The van der Waals surface area contributed by atoms with E-state index in [1.54, 1.807) is 46.8 Å². The molecule has 7 nitrogen and oxygen atoms in total. The van der Waals surface area contributed by atoms with Crippen LogP contribution in [-0.2, 0) is 25.4 Å². The molecule has 158 valence electrons. The van der Waals surface area contributed by atoms with Crippen LogP contribution in [0.2, 0.25) is 0 Å². The van der Waals surface area contributed by atoms with Crippen LogP contribution in [0.1, 0.15) is 40.2 Å². The van der Waals surface area contributed by atoms with E-state index in [9.17, 15) is 14.0 Å². The Morgan fingerprint density at radius 1 is 1.17 bits per heavy atom. The van der Waals surface area contributed by atoms with E-state index < -0.39 is 29.4 Å². The predicted octanol–water partition coefficient (Wildman–Crippen LogP) is 4.03. The maximum Gasteiger partial charge on any atom is 0.435 e. The minimum Gasteiger partial charge on any atom is -0.476 e. The van der Waals surface area contributed by atoms with Crippen molar-refractivity contribution < 1.29 is 28.2 Å². The number of hydrogen-bond acceptors (Lipinski definition) is 6. The molecular weight excluding hydrogens is 379 g/mol. The van der Waals surface area contributed by atoms with E-state index in [1.165, 1.54) is 12.1 Å². The number of hydrazone groups is 1. The number of esters is 1. The summed E-state index contributed by atoms with van der Waals surface area (Å²) < 4.78 is 29.7. The average Bonchev–Trinajstić information content (AvgIpc) is 2.89. The molecule has 8 heteroatoms. The highest BCUT2D eigenvalue weighted by atomic mass is 19.1. The first-order valence-electron chi connectivity index (χ1n) is 9.49. The molecule has 1 aliphatic rings. The van der Waals surface area contributed by atoms with Crippen molar-refractivity contribution in [3.8, 4) is 0 Å². The largest absolute Gasteiger partial charge is 0.476 e. The quantitative estimate of drug-likeness (QED) is 0.667. The second kappa shape index (κ2) is 9.07. The molecule has 0 fully saturated rings. The monoisotopic (exact) mass is 406 g/mol. The molecule has 2 rings (SSSR count). The summed E-state index contributed by atoms with van der Waals surface area (Å²) in [6, 6.07) is 5.67. The normalized spacial score (nSPS) is 18.8. The van der Waals surface area contributed by atoms with Gasteiger partial charge in [0.25, 0.3) is 0 Å². The smallest absolute Gasteiger partial charge is 0.435 e. The molecule has 0 aliphatic carbocycles. The standard InChI is InChI=1S/C21H27FN2O5/c1-7-27-19(25)21(12-16-8-10-17(22)11-9-16)15(6)24(20(26)29-14(4)5)23-18(21)28-13(2)3/h8-11,13-14H,6-7,12H2,1-5H3. The lowest BCUT2D eigenvalue weighted by molar-refractivity contribution is -0.150. The third-order valence-corrected chi connectivity index (χ3v) is 4.17. The van der Waals surface area contributed by atoms with Crippen LogP contribution in [0, 0.1) is 11.2 Å². The first-order chi connectivity index (χ1) is 13.6. The second-order valence-electron chi connectivity index (χ2n) is 7.19. The van der Waals surface area contributed by atoms with Crippen LogP contribution in [0.15, 0.2) is 41.6 Å². The van der Waals surface area contributed by atoms with Gasteiger partial charge < -0.3 is 14.2 Å². The fourth-order valence-corrected chi connectivity index (χ4v) is 2.91. The highest BCUT2D eigenvalue weighted by molar-refractivity contribution is 6.08. The Labute approximate surface area is 170 Å². The molecule has 0 saturated heterocycles. The molecule has 0 radical (unpaired) electrons. The average molecular weight is 406 g/mol. The van der Waals surface area contributed by atoms with Crippen LogP contribution in [0.3, 0.4) is 0 Å². The van der Waals surface area contributed by atoms with E-state index in [0.717, 1.165) is 5.01 Å². The zero-order valence-corrected chi connectivity index (χ0v) is 17.4. The van der Waals surface area contributed by atoms with E-state index in [1.807, 2.05) is 0 Å². The maximum absolute atomic E-state index is 13.4. The number of carbonyl (C=O) groups is 2. The predicted molar refractivity (Wildman–Crippen MR) is 105 cm³/mol. The number of carbonyl (C=O) groups excluding carboxylic acids is 2. The number of benzene rings is 1. The SMILES string of the molecule is C=C1N(C(=O)OC(C)C)N=C(OC(C)C)C1(Cc1ccc(F)cc1)C(=O)OCC. The highest BCUT2D eigenvalue weighted by Crippen LogP contribution is 2.42. The van der Waals surface area contributed by atoms with Crippen molar-refractivity contribution in [2.24, 2.45) is 10.5 Å². The van der Waals surface area contributed by atoms with Gasteiger partial charge in [-0.15, -0.1) is 5.10 Å². The number of nitrogens with zero attached hydrogens (tertiary/aromatic N) is 2. The van der Waals surface area contributed by atoms with Crippen LogP contribution in [0.4, 0.5) is 9.18 Å². The zero-order valence-electron chi connectivity index (χ0n) is 17.4. The fourth-order valence-electron chi connectivity index (χ4n) is 2.91. The topological polar surface area (TPSA) is 77.4 Å². The van der Waals surface area contributed by atoms with Crippen molar-refractivity contribution >= 4 is 18.0 Å². The lowest BCUT2D eigenvalue weighted by Gasteiger charge is -2.30. The molecule has 1 unspecified atom stereocenters. The zero-order chi connectivity index (χ0) is 21.8. The van der Waals surface area contributed by atoms with Gasteiger partial charge in [-0.05, 0) is 52.3 Å². The lowest BCUT2D eigenvalue weighted by Crippen LogP contribution is -2.45. The number of halogens is 1. The number of amides is 1. The van der Waals surface area contributed by atoms with Gasteiger partial charge >= 0.3 is 12.1 Å². The third-order valence-electron chi connectivity index (χ3n) is 4.17. The van der Waals surface area contributed by atoms with E-state index in [4.69, 9.17) is 14.2 Å². The Morgan fingerprint density at radius 3 is 2.31 bits per heavy atom. The van der Waals surface area contributed by atoms with Gasteiger partial charge in [0, 0.05) is 6.42 Å². The van der Waals surface area contributed by atoms with Gasteiger partial charge in [-0.1, -0.05) is 18.7 Å². The molecule has 1 aliphatic heterocycles. The molecule has 1 aromatic carbocycles. The van der Waals surface area contributed by atoms with Gasteiger partial charge in [0.2, 0.25) is 5.90 Å². The summed E-state index contributed by atoms with van der Waals surface area (Å²) in [4.78, 5) is 25.7. The Balaban J connectivity index is 2.55. The van der Waals surface area contributed by atoms with Gasteiger partial charge in [0.1, 0.15) is 5.82 Å². The molecule has 1 amide bonds. The van der Waals surface area contributed by atoms with Crippen molar-refractivity contribution in [3.05, 3.63) is 47.9 Å². The van der Waals surface area contributed by atoms with Crippen LogP contribution in [-0.4, -0.2) is 41.8 Å². The van der Waals surface area contributed by atoms with Crippen LogP contribution in [0.25, 0.3) is 0 Å². The van der Waals surface area contributed by atoms with Gasteiger partial charge in [0.05, 0.1) is 24.5 Å². The molecule has 0 N–H and O–H groups in total. The molecule has 29 heavy (non-hydrogen) atoms. The van der Waals surface area contributed by atoms with Crippen LogP contribution in [0.5, 0.6) is 0 Å². The van der Waals surface area contributed by atoms with Crippen molar-refractivity contribution in [1.29, 1.82) is 0 Å². The van der Waals surface area contributed by atoms with Crippen molar-refractivity contribution in [3.63, 3.8) is 0 Å². The molecule has 1 heterocycles. The summed E-state index contributed by atoms with van der Waals surface area (Å²) >= 11 is 0. The molecular formula is C21H27FN2O5. The fraction of sp³-hybridized carbons (Fsp3) is 0.476. The Bertz CT molecular complexity index is 804. The molecule has 1 atom stereocenters. The van der Waals surface area contributed by atoms with E-state index >= 15 is 0 Å². The van der Waals surface area contributed by atoms with E-state index in [0.29, 0.717) is 5.56 Å². The van der Waals surface area contributed by atoms with Crippen molar-refractivity contribution in [2.75, 3.05) is 6.61 Å². The number of ether oxygens (including phenoxy) is 3. The summed E-state index contributed by atoms with van der Waals surface area (Å²) in [5.41, 5.74) is -0.894. The first kappa shape index (κ1) is 22.4. The van der Waals surface area contributed by atoms with Crippen LogP contribution >= 0.6 is 0 Å². The van der Waals surface area contributed by atoms with Gasteiger partial charge in [0.15, 0.2) is 5.41 Å². The minimum atomic E-state index is -1.58. The Kier molecular flexibility index (Phi) is 7.00. The summed E-state index contributed by atoms with van der Waals surface area (Å²) in [6.45, 7) is 12.7. The second-order valence-corrected chi connectivity index (χ2v) is 7.19. The third kappa shape index (κ3) is 4.75. The van der Waals surface area contributed by atoms with Crippen molar-refractivity contribution in [1.82, 2.24) is 5.01 Å². The van der Waals surface area contributed by atoms with Gasteiger partial charge in [-0.2, -0.15) is 5.01 Å². The highest BCUT2D eigenvalue weighted by Gasteiger charge is 2.57. The lowest BCUT2D eigenvalue weighted by atomic mass is 9.79. The molecule has 0 bridgehead atoms. The summed E-state index contributed by atoms with van der Waals surface area (Å²) in [5, 5.41) is 5.14. The molecule has 0 spiro atoms. The first-order valence-corrected chi connectivity index (χ1v) is 9.49. The summed E-state index contributed by atoms with van der Waals surface area (Å²) in [7, 11) is 0. The summed E-state index contributed by atoms with van der Waals surface area (Å²) in [5.74, 6) is -1.08. The molecule has 0 saturated carbocycles. The number of rotatable bonds is 6. The van der Waals surface area contributed by atoms with Gasteiger partial charge in [-0.25, -0.2) is 9.18 Å².